The van der Waals surface area contributed by atoms with E-state index < -0.39 is 10.0 Å². The van der Waals surface area contributed by atoms with Crippen LogP contribution >= 0.6 is 0 Å². The second-order valence-electron chi connectivity index (χ2n) is 6.94. The van der Waals surface area contributed by atoms with Crippen molar-refractivity contribution < 1.29 is 8.42 Å². The molecular weight excluding hydrogens is 402 g/mol. The van der Waals surface area contributed by atoms with Crippen LogP contribution < -0.4 is 20.3 Å². The van der Waals surface area contributed by atoms with Gasteiger partial charge in [0.25, 0.3) is 0 Å². The molecule has 3 N–H and O–H groups in total. The molecule has 1 aliphatic heterocycles. The average molecular weight is 432 g/mol. The van der Waals surface area contributed by atoms with Crippen LogP contribution in [0, 0.1) is 0 Å². The summed E-state index contributed by atoms with van der Waals surface area (Å²) in [6, 6.07) is 9.39. The minimum absolute atomic E-state index is 0.152. The molecule has 0 radical (unpaired) electrons. The molecule has 1 fully saturated rings. The predicted molar refractivity (Wildman–Crippen MR) is 118 cm³/mol. The van der Waals surface area contributed by atoms with Crippen molar-refractivity contribution in [3.8, 4) is 0 Å². The Bertz CT molecular complexity index is 899. The molecule has 162 valence electrons. The average Bonchev–Trinajstić information content (AvgIpc) is 2.78. The van der Waals surface area contributed by atoms with E-state index in [-0.39, 0.29) is 11.4 Å². The number of pyridine rings is 2. The van der Waals surface area contributed by atoms with Crippen molar-refractivity contribution in [2.75, 3.05) is 37.6 Å². The number of sulfonamides is 1. The van der Waals surface area contributed by atoms with Gasteiger partial charge in [-0.25, -0.2) is 18.1 Å². The van der Waals surface area contributed by atoms with E-state index in [4.69, 9.17) is 0 Å². The molecule has 1 aliphatic rings. The van der Waals surface area contributed by atoms with E-state index in [0.717, 1.165) is 38.3 Å². The van der Waals surface area contributed by atoms with E-state index in [9.17, 15) is 8.42 Å². The molecule has 9 nitrogen and oxygen atoms in total. The van der Waals surface area contributed by atoms with Crippen molar-refractivity contribution in [1.29, 1.82) is 0 Å². The number of rotatable bonds is 8. The van der Waals surface area contributed by atoms with E-state index in [1.54, 1.807) is 12.3 Å². The highest BCUT2D eigenvalue weighted by atomic mass is 32.2. The fourth-order valence-corrected chi connectivity index (χ4v) is 4.23. The third-order valence-corrected chi connectivity index (χ3v) is 6.22. The molecule has 3 heterocycles. The number of aromatic nitrogens is 2. The Balaban J connectivity index is 1.47. The van der Waals surface area contributed by atoms with Crippen molar-refractivity contribution in [2.24, 2.45) is 4.99 Å². The molecule has 0 amide bonds. The van der Waals surface area contributed by atoms with Gasteiger partial charge in [-0.3, -0.25) is 9.98 Å². The molecule has 0 saturated carbocycles. The van der Waals surface area contributed by atoms with Gasteiger partial charge in [-0.05, 0) is 44.0 Å². The van der Waals surface area contributed by atoms with Crippen LogP contribution in [0.1, 0.15) is 19.8 Å². The first-order valence-electron chi connectivity index (χ1n) is 10.2. The summed E-state index contributed by atoms with van der Waals surface area (Å²) in [5.41, 5.74) is 0. The van der Waals surface area contributed by atoms with Crippen molar-refractivity contribution in [3.05, 3.63) is 48.9 Å². The number of nitrogens with one attached hydrogen (secondary N) is 3. The van der Waals surface area contributed by atoms with Gasteiger partial charge in [-0.1, -0.05) is 6.07 Å². The fraction of sp³-hybridized carbons (Fsp3) is 0.450. The first-order chi connectivity index (χ1) is 14.6. The van der Waals surface area contributed by atoms with Crippen LogP contribution in [-0.4, -0.2) is 63.1 Å². The van der Waals surface area contributed by atoms with Crippen molar-refractivity contribution in [1.82, 2.24) is 25.3 Å². The number of anilines is 1. The Morgan fingerprint density at radius 1 is 1.20 bits per heavy atom. The highest BCUT2D eigenvalue weighted by Crippen LogP contribution is 2.17. The predicted octanol–water partition coefficient (Wildman–Crippen LogP) is 0.979. The Labute approximate surface area is 178 Å². The lowest BCUT2D eigenvalue weighted by molar-refractivity contribution is 0.459. The third-order valence-electron chi connectivity index (χ3n) is 4.77. The summed E-state index contributed by atoms with van der Waals surface area (Å²) in [4.78, 5) is 15.2. The lowest BCUT2D eigenvalue weighted by Gasteiger charge is -2.33. The molecule has 0 unspecified atom stereocenters. The first kappa shape index (κ1) is 22.0. The number of guanidine groups is 1. The van der Waals surface area contributed by atoms with Crippen LogP contribution in [-0.2, 0) is 10.0 Å². The summed E-state index contributed by atoms with van der Waals surface area (Å²) in [6.45, 7) is 5.15. The molecule has 2 aromatic heterocycles. The molecule has 0 atom stereocenters. The first-order valence-corrected chi connectivity index (χ1v) is 11.7. The fourth-order valence-electron chi connectivity index (χ4n) is 3.24. The number of piperidine rings is 1. The van der Waals surface area contributed by atoms with Gasteiger partial charge in [-0.15, -0.1) is 0 Å². The maximum Gasteiger partial charge on any atom is 0.242 e. The lowest BCUT2D eigenvalue weighted by Crippen LogP contribution is -2.49. The van der Waals surface area contributed by atoms with Gasteiger partial charge in [0.2, 0.25) is 10.0 Å². The van der Waals surface area contributed by atoms with Crippen molar-refractivity contribution >= 4 is 21.8 Å². The number of hydrogen-bond acceptors (Lipinski definition) is 6. The lowest BCUT2D eigenvalue weighted by atomic mass is 10.1. The second kappa shape index (κ2) is 10.9. The van der Waals surface area contributed by atoms with Crippen LogP contribution in [0.3, 0.4) is 0 Å². The van der Waals surface area contributed by atoms with Gasteiger partial charge in [0.05, 0.1) is 6.54 Å². The highest BCUT2D eigenvalue weighted by Gasteiger charge is 2.20. The van der Waals surface area contributed by atoms with E-state index in [0.29, 0.717) is 18.5 Å². The third kappa shape index (κ3) is 6.39. The van der Waals surface area contributed by atoms with E-state index >= 15 is 0 Å². The minimum atomic E-state index is -3.56. The van der Waals surface area contributed by atoms with E-state index in [1.165, 1.54) is 12.3 Å². The molecule has 10 heteroatoms. The second-order valence-corrected chi connectivity index (χ2v) is 8.71. The van der Waals surface area contributed by atoms with Crippen LogP contribution in [0.4, 0.5) is 5.82 Å². The molecule has 2 aromatic rings. The largest absolute Gasteiger partial charge is 0.357 e. The molecule has 0 aromatic carbocycles. The van der Waals surface area contributed by atoms with Crippen LogP contribution in [0.15, 0.2) is 58.8 Å². The van der Waals surface area contributed by atoms with Crippen LogP contribution in [0.2, 0.25) is 0 Å². The number of nitrogens with zero attached hydrogens (tertiary/aromatic N) is 4. The molecular formula is C20H29N7O2S. The van der Waals surface area contributed by atoms with Gasteiger partial charge in [-0.2, -0.15) is 0 Å². The van der Waals surface area contributed by atoms with Gasteiger partial charge in [0.15, 0.2) is 5.96 Å². The summed E-state index contributed by atoms with van der Waals surface area (Å²) in [5, 5.41) is 6.69. The standard InChI is InChI=1S/C20H29N7O2S/c1-2-22-20(24-12-13-25-30(28,29)18-6-5-10-21-16-18)26-17-8-14-27(15-9-17)19-7-3-4-11-23-19/h3-7,10-11,16-17,25H,2,8-9,12-15H2,1H3,(H2,22,24,26). The van der Waals surface area contributed by atoms with Crippen LogP contribution in [0.25, 0.3) is 0 Å². The zero-order chi connectivity index (χ0) is 21.2. The quantitative estimate of drug-likeness (QED) is 0.324. The molecule has 30 heavy (non-hydrogen) atoms. The molecule has 0 aliphatic carbocycles. The smallest absolute Gasteiger partial charge is 0.242 e. The Kier molecular flexibility index (Phi) is 7.97. The van der Waals surface area contributed by atoms with Crippen molar-refractivity contribution in [3.63, 3.8) is 0 Å². The summed E-state index contributed by atoms with van der Waals surface area (Å²) in [7, 11) is -3.56. The Morgan fingerprint density at radius 3 is 2.70 bits per heavy atom. The van der Waals surface area contributed by atoms with Gasteiger partial charge in [0.1, 0.15) is 10.7 Å². The number of aliphatic imine (C=N–C) groups is 1. The van der Waals surface area contributed by atoms with Crippen LogP contribution in [0.5, 0.6) is 0 Å². The maximum absolute atomic E-state index is 12.2. The Hall–Kier alpha value is -2.72. The van der Waals surface area contributed by atoms with Gasteiger partial charge in [0, 0.05) is 50.8 Å². The van der Waals surface area contributed by atoms with Crippen molar-refractivity contribution in [2.45, 2.75) is 30.7 Å². The molecule has 1 saturated heterocycles. The van der Waals surface area contributed by atoms with Gasteiger partial charge < -0.3 is 15.5 Å². The SMILES string of the molecule is CCNC(=NCCNS(=O)(=O)c1cccnc1)NC1CCN(c2ccccn2)CC1. The summed E-state index contributed by atoms with van der Waals surface area (Å²) in [6.07, 6.45) is 6.65. The zero-order valence-corrected chi connectivity index (χ0v) is 18.0. The summed E-state index contributed by atoms with van der Waals surface area (Å²) in [5.74, 6) is 1.71. The zero-order valence-electron chi connectivity index (χ0n) is 17.2. The normalized spacial score (nSPS) is 15.8. The highest BCUT2D eigenvalue weighted by molar-refractivity contribution is 7.89. The number of hydrogen-bond donors (Lipinski definition) is 3. The topological polar surface area (TPSA) is 112 Å². The van der Waals surface area contributed by atoms with E-state index in [1.807, 2.05) is 31.3 Å². The summed E-state index contributed by atoms with van der Waals surface area (Å²) < 4.78 is 27.0. The monoisotopic (exact) mass is 431 g/mol. The summed E-state index contributed by atoms with van der Waals surface area (Å²) >= 11 is 0. The molecule has 0 spiro atoms. The molecule has 3 rings (SSSR count). The van der Waals surface area contributed by atoms with Gasteiger partial charge >= 0.3 is 0 Å². The van der Waals surface area contributed by atoms with E-state index in [2.05, 4.69) is 35.2 Å². The minimum Gasteiger partial charge on any atom is -0.357 e. The molecule has 0 bridgehead atoms. The maximum atomic E-state index is 12.2. The Morgan fingerprint density at radius 2 is 2.03 bits per heavy atom.